The van der Waals surface area contributed by atoms with Gasteiger partial charge in [-0.1, -0.05) is 83.9 Å². The topological polar surface area (TPSA) is 60.9 Å². The molecule has 220 valence electrons. The van der Waals surface area contributed by atoms with Gasteiger partial charge in [-0.3, -0.25) is 0 Å². The van der Waals surface area contributed by atoms with Crippen LogP contribution in [0.2, 0.25) is 10.0 Å². The number of likely N-dealkylation sites (tertiary alicyclic amines) is 1. The molecule has 0 radical (unpaired) electrons. The SMILES string of the molecule is CN(C1CC(c2ccccc2)[C@@H](CN2CCC(O)(CCCc3ccccc3)CC2)C1)S(=O)(=O)c1ccc(Cl)c(Cl)c1. The van der Waals surface area contributed by atoms with Gasteiger partial charge in [0.05, 0.1) is 20.5 Å². The van der Waals surface area contributed by atoms with Gasteiger partial charge in [-0.25, -0.2) is 8.42 Å². The number of aliphatic hydroxyl groups is 1. The highest BCUT2D eigenvalue weighted by Crippen LogP contribution is 2.44. The van der Waals surface area contributed by atoms with Crippen LogP contribution in [0.5, 0.6) is 0 Å². The molecule has 0 amide bonds. The highest BCUT2D eigenvalue weighted by molar-refractivity contribution is 7.89. The molecule has 1 aliphatic carbocycles. The molecule has 3 aromatic rings. The Morgan fingerprint density at radius 1 is 0.927 bits per heavy atom. The van der Waals surface area contributed by atoms with E-state index in [9.17, 15) is 13.5 Å². The summed E-state index contributed by atoms with van der Waals surface area (Å²) in [6.45, 7) is 2.63. The minimum atomic E-state index is -3.72. The Labute approximate surface area is 255 Å². The van der Waals surface area contributed by atoms with E-state index in [2.05, 4.69) is 53.4 Å². The number of halogens is 2. The highest BCUT2D eigenvalue weighted by Gasteiger charge is 2.42. The second-order valence-corrected chi connectivity index (χ2v) is 14.7. The molecule has 1 aliphatic heterocycles. The first kappa shape index (κ1) is 30.5. The van der Waals surface area contributed by atoms with Crippen LogP contribution >= 0.6 is 23.2 Å². The molecule has 0 bridgehead atoms. The fourth-order valence-electron chi connectivity index (χ4n) is 6.70. The first-order valence-corrected chi connectivity index (χ1v) is 16.8. The molecule has 1 saturated carbocycles. The molecule has 41 heavy (non-hydrogen) atoms. The lowest BCUT2D eigenvalue weighted by Crippen LogP contribution is -2.46. The normalized spacial score (nSPS) is 23.2. The third kappa shape index (κ3) is 7.35. The predicted molar refractivity (Wildman–Crippen MR) is 167 cm³/mol. The number of hydrogen-bond acceptors (Lipinski definition) is 4. The summed E-state index contributed by atoms with van der Waals surface area (Å²) in [4.78, 5) is 2.64. The first-order valence-electron chi connectivity index (χ1n) is 14.6. The van der Waals surface area contributed by atoms with Gasteiger partial charge in [0.1, 0.15) is 0 Å². The molecule has 5 nitrogen and oxygen atoms in total. The maximum absolute atomic E-state index is 13.6. The molecular weight excluding hydrogens is 575 g/mol. The molecule has 0 aromatic heterocycles. The molecule has 8 heteroatoms. The Morgan fingerprint density at radius 3 is 2.24 bits per heavy atom. The van der Waals surface area contributed by atoms with Gasteiger partial charge in [-0.15, -0.1) is 0 Å². The van der Waals surface area contributed by atoms with Gasteiger partial charge in [-0.2, -0.15) is 4.31 Å². The number of sulfonamides is 1. The van der Waals surface area contributed by atoms with Gasteiger partial charge in [0.2, 0.25) is 10.0 Å². The number of benzene rings is 3. The Morgan fingerprint density at radius 2 is 1.59 bits per heavy atom. The summed E-state index contributed by atoms with van der Waals surface area (Å²) in [6, 6.07) is 25.3. The third-order valence-electron chi connectivity index (χ3n) is 9.21. The molecule has 1 heterocycles. The van der Waals surface area contributed by atoms with Crippen molar-refractivity contribution >= 4 is 33.2 Å². The van der Waals surface area contributed by atoms with Crippen molar-refractivity contribution in [1.82, 2.24) is 9.21 Å². The average Bonchev–Trinajstić information content (AvgIpc) is 3.40. The molecule has 3 aromatic carbocycles. The van der Waals surface area contributed by atoms with Gasteiger partial charge in [-0.05, 0) is 86.1 Å². The van der Waals surface area contributed by atoms with Crippen LogP contribution in [0.1, 0.15) is 55.6 Å². The van der Waals surface area contributed by atoms with E-state index in [1.54, 1.807) is 7.05 Å². The second kappa shape index (κ2) is 13.2. The fourth-order valence-corrected chi connectivity index (χ4v) is 8.47. The number of aryl methyl sites for hydroxylation is 1. The minimum Gasteiger partial charge on any atom is -0.390 e. The molecule has 2 fully saturated rings. The van der Waals surface area contributed by atoms with Gasteiger partial charge < -0.3 is 10.0 Å². The lowest BCUT2D eigenvalue weighted by molar-refractivity contribution is -0.0318. The monoisotopic (exact) mass is 614 g/mol. The smallest absolute Gasteiger partial charge is 0.243 e. The predicted octanol–water partition coefficient (Wildman–Crippen LogP) is 7.03. The van der Waals surface area contributed by atoms with Crippen molar-refractivity contribution < 1.29 is 13.5 Å². The van der Waals surface area contributed by atoms with E-state index in [0.29, 0.717) is 10.9 Å². The zero-order chi connectivity index (χ0) is 29.0. The highest BCUT2D eigenvalue weighted by atomic mass is 35.5. The third-order valence-corrected chi connectivity index (χ3v) is 11.9. The van der Waals surface area contributed by atoms with E-state index in [0.717, 1.165) is 64.6 Å². The fraction of sp³-hybridized carbons (Fsp3) is 0.455. The van der Waals surface area contributed by atoms with Crippen molar-refractivity contribution in [3.05, 3.63) is 100 Å². The summed E-state index contributed by atoms with van der Waals surface area (Å²) >= 11 is 12.2. The second-order valence-electron chi connectivity index (χ2n) is 11.9. The van der Waals surface area contributed by atoms with Crippen LogP contribution in [0.25, 0.3) is 0 Å². The molecule has 2 unspecified atom stereocenters. The minimum absolute atomic E-state index is 0.121. The molecule has 3 atom stereocenters. The Hall–Kier alpha value is -1.93. The Balaban J connectivity index is 1.23. The Kier molecular flexibility index (Phi) is 9.79. The lowest BCUT2D eigenvalue weighted by atomic mass is 9.84. The molecular formula is C33H40Cl2N2O3S. The maximum atomic E-state index is 13.6. The zero-order valence-corrected chi connectivity index (χ0v) is 26.0. The van der Waals surface area contributed by atoms with Crippen LogP contribution in [0.15, 0.2) is 83.8 Å². The van der Waals surface area contributed by atoms with Crippen LogP contribution in [-0.4, -0.2) is 61.1 Å². The number of rotatable bonds is 10. The van der Waals surface area contributed by atoms with E-state index < -0.39 is 15.6 Å². The van der Waals surface area contributed by atoms with Crippen LogP contribution in [0.4, 0.5) is 0 Å². The summed E-state index contributed by atoms with van der Waals surface area (Å²) in [5.41, 5.74) is 1.98. The molecule has 2 aliphatic rings. The van der Waals surface area contributed by atoms with Crippen molar-refractivity contribution in [2.75, 3.05) is 26.7 Å². The largest absolute Gasteiger partial charge is 0.390 e. The summed E-state index contributed by atoms with van der Waals surface area (Å²) in [5.74, 6) is 0.581. The average molecular weight is 616 g/mol. The van der Waals surface area contributed by atoms with Gasteiger partial charge in [0, 0.05) is 32.7 Å². The zero-order valence-electron chi connectivity index (χ0n) is 23.6. The number of nitrogens with zero attached hydrogens (tertiary/aromatic N) is 2. The summed E-state index contributed by atoms with van der Waals surface area (Å²) < 4.78 is 28.6. The standard InChI is InChI=1S/C33H40Cl2N2O3S/c1-36(41(39,40)29-14-15-31(34)32(35)23-29)28-21-27(30(22-28)26-12-6-3-7-13-26)24-37-19-17-33(38,18-20-37)16-8-11-25-9-4-2-5-10-25/h2-7,9-10,12-15,23,27-28,30,38H,8,11,16-22,24H2,1H3/t27-,28?,30?/m1/s1. The van der Waals surface area contributed by atoms with Crippen molar-refractivity contribution in [3.8, 4) is 0 Å². The number of hydrogen-bond donors (Lipinski definition) is 1. The van der Waals surface area contributed by atoms with E-state index >= 15 is 0 Å². The van der Waals surface area contributed by atoms with Crippen molar-refractivity contribution in [2.24, 2.45) is 5.92 Å². The lowest BCUT2D eigenvalue weighted by Gasteiger charge is -2.40. The Bertz CT molecular complexity index is 1400. The van der Waals surface area contributed by atoms with Crippen LogP contribution in [0.3, 0.4) is 0 Å². The van der Waals surface area contributed by atoms with Gasteiger partial charge >= 0.3 is 0 Å². The summed E-state index contributed by atoms with van der Waals surface area (Å²) in [5, 5.41) is 11.9. The molecule has 1 N–H and O–H groups in total. The van der Waals surface area contributed by atoms with E-state index in [1.165, 1.54) is 33.6 Å². The van der Waals surface area contributed by atoms with E-state index in [1.807, 2.05) is 12.1 Å². The number of piperidine rings is 1. The van der Waals surface area contributed by atoms with Gasteiger partial charge in [0.15, 0.2) is 0 Å². The van der Waals surface area contributed by atoms with E-state index in [-0.39, 0.29) is 21.9 Å². The molecule has 0 spiro atoms. The van der Waals surface area contributed by atoms with Crippen LogP contribution in [0, 0.1) is 5.92 Å². The van der Waals surface area contributed by atoms with Crippen LogP contribution in [-0.2, 0) is 16.4 Å². The summed E-state index contributed by atoms with van der Waals surface area (Å²) in [7, 11) is -2.04. The van der Waals surface area contributed by atoms with Crippen molar-refractivity contribution in [1.29, 1.82) is 0 Å². The van der Waals surface area contributed by atoms with Gasteiger partial charge in [0.25, 0.3) is 0 Å². The van der Waals surface area contributed by atoms with E-state index in [4.69, 9.17) is 23.2 Å². The summed E-state index contributed by atoms with van der Waals surface area (Å²) in [6.07, 6.45) is 5.91. The maximum Gasteiger partial charge on any atom is 0.243 e. The van der Waals surface area contributed by atoms with Crippen molar-refractivity contribution in [3.63, 3.8) is 0 Å². The quantitative estimate of drug-likeness (QED) is 0.266. The first-order chi connectivity index (χ1) is 19.6. The molecule has 1 saturated heterocycles. The molecule has 5 rings (SSSR count). The van der Waals surface area contributed by atoms with Crippen LogP contribution < -0.4 is 0 Å². The van der Waals surface area contributed by atoms with Crippen molar-refractivity contribution in [2.45, 2.75) is 67.4 Å².